The van der Waals surface area contributed by atoms with Crippen molar-refractivity contribution in [2.24, 2.45) is 0 Å². The lowest BCUT2D eigenvalue weighted by Gasteiger charge is -2.29. The zero-order valence-electron chi connectivity index (χ0n) is 7.78. The summed E-state index contributed by atoms with van der Waals surface area (Å²) < 4.78 is 25.4. The van der Waals surface area contributed by atoms with Gasteiger partial charge < -0.3 is 5.32 Å². The monoisotopic (exact) mass is 191 g/mol. The van der Waals surface area contributed by atoms with Crippen molar-refractivity contribution in [1.82, 2.24) is 5.32 Å². The fourth-order valence-corrected chi connectivity index (χ4v) is 1.77. The van der Waals surface area contributed by atoms with Gasteiger partial charge in [-0.15, -0.1) is 0 Å². The molecule has 1 amide bonds. The number of amides is 1. The molecule has 0 bridgehead atoms. The highest BCUT2D eigenvalue weighted by Crippen LogP contribution is 2.34. The topological polar surface area (TPSA) is 29.1 Å². The molecule has 1 fully saturated rings. The molecule has 0 saturated heterocycles. The van der Waals surface area contributed by atoms with Crippen molar-refractivity contribution in [3.05, 3.63) is 0 Å². The molecule has 4 heteroatoms. The molecule has 1 saturated carbocycles. The molecule has 2 nitrogen and oxygen atoms in total. The first-order valence-corrected chi connectivity index (χ1v) is 4.70. The van der Waals surface area contributed by atoms with Crippen LogP contribution in [0.1, 0.15) is 39.0 Å². The molecule has 0 aromatic carbocycles. The highest BCUT2D eigenvalue weighted by Gasteiger charge is 2.43. The molecule has 0 atom stereocenters. The number of hydrogen-bond acceptors (Lipinski definition) is 1. The number of carbonyl (C=O) groups is 1. The van der Waals surface area contributed by atoms with E-state index in [9.17, 15) is 13.6 Å². The van der Waals surface area contributed by atoms with Gasteiger partial charge in [-0.3, -0.25) is 4.79 Å². The Morgan fingerprint density at radius 2 is 2.00 bits per heavy atom. The van der Waals surface area contributed by atoms with Gasteiger partial charge in [0.15, 0.2) is 0 Å². The largest absolute Gasteiger partial charge is 0.345 e. The Hall–Kier alpha value is -0.670. The Balaban J connectivity index is 2.62. The lowest BCUT2D eigenvalue weighted by Crippen LogP contribution is -2.51. The number of rotatable bonds is 3. The van der Waals surface area contributed by atoms with Gasteiger partial charge in [-0.25, -0.2) is 8.78 Å². The van der Waals surface area contributed by atoms with Crippen molar-refractivity contribution >= 4 is 5.91 Å². The van der Waals surface area contributed by atoms with E-state index in [1.54, 1.807) is 6.92 Å². The van der Waals surface area contributed by atoms with Gasteiger partial charge in [0.05, 0.1) is 0 Å². The van der Waals surface area contributed by atoms with Crippen molar-refractivity contribution in [2.75, 3.05) is 0 Å². The fourth-order valence-electron chi connectivity index (χ4n) is 1.77. The van der Waals surface area contributed by atoms with Crippen LogP contribution < -0.4 is 5.32 Å². The minimum absolute atomic E-state index is 0.272. The van der Waals surface area contributed by atoms with E-state index < -0.39 is 12.0 Å². The van der Waals surface area contributed by atoms with Crippen LogP contribution in [-0.2, 0) is 4.79 Å². The van der Waals surface area contributed by atoms with E-state index in [1.165, 1.54) is 0 Å². The molecule has 0 aromatic rings. The Morgan fingerprint density at radius 3 is 2.38 bits per heavy atom. The van der Waals surface area contributed by atoms with Crippen LogP contribution >= 0.6 is 0 Å². The molecule has 0 unspecified atom stereocenters. The molecule has 0 aromatic heterocycles. The number of alkyl halides is 2. The van der Waals surface area contributed by atoms with Gasteiger partial charge in [0.25, 0.3) is 6.43 Å². The average Bonchev–Trinajstić information content (AvgIpc) is 2.54. The van der Waals surface area contributed by atoms with Gasteiger partial charge >= 0.3 is 0 Å². The summed E-state index contributed by atoms with van der Waals surface area (Å²) in [6, 6.07) is 0. The van der Waals surface area contributed by atoms with E-state index >= 15 is 0 Å². The van der Waals surface area contributed by atoms with Crippen LogP contribution in [0.15, 0.2) is 0 Å². The number of hydrogen-bond donors (Lipinski definition) is 1. The normalized spacial score (nSPS) is 20.6. The van der Waals surface area contributed by atoms with E-state index in [1.807, 2.05) is 0 Å². The van der Waals surface area contributed by atoms with Crippen molar-refractivity contribution in [1.29, 1.82) is 0 Å². The summed E-state index contributed by atoms with van der Waals surface area (Å²) in [6.07, 6.45) is 0.231. The number of nitrogens with one attached hydrogen (secondary N) is 1. The number of halogens is 2. The Labute approximate surface area is 76.7 Å². The fraction of sp³-hybridized carbons (Fsp3) is 0.889. The number of carbonyl (C=O) groups excluding carboxylic acids is 1. The van der Waals surface area contributed by atoms with Crippen LogP contribution in [-0.4, -0.2) is 17.9 Å². The smallest absolute Gasteiger partial charge is 0.261 e. The standard InChI is InChI=1S/C9H15F2NO/c1-2-7(13)12-9(8(10)11)5-3-4-6-9/h8H,2-6H2,1H3,(H,12,13). The molecule has 0 aliphatic heterocycles. The lowest BCUT2D eigenvalue weighted by atomic mass is 9.98. The van der Waals surface area contributed by atoms with Crippen molar-refractivity contribution in [3.8, 4) is 0 Å². The van der Waals surface area contributed by atoms with Gasteiger partial charge in [0.1, 0.15) is 5.54 Å². The molecule has 1 rings (SSSR count). The summed E-state index contributed by atoms with van der Waals surface area (Å²) in [5, 5.41) is 2.45. The Morgan fingerprint density at radius 1 is 1.46 bits per heavy atom. The molecule has 13 heavy (non-hydrogen) atoms. The van der Waals surface area contributed by atoms with Crippen molar-refractivity contribution in [3.63, 3.8) is 0 Å². The van der Waals surface area contributed by atoms with E-state index in [2.05, 4.69) is 5.32 Å². The molecule has 0 heterocycles. The zero-order chi connectivity index (χ0) is 9.90. The average molecular weight is 191 g/mol. The summed E-state index contributed by atoms with van der Waals surface area (Å²) in [6.45, 7) is 1.67. The summed E-state index contributed by atoms with van der Waals surface area (Å²) in [5.74, 6) is -0.276. The molecule has 1 aliphatic rings. The van der Waals surface area contributed by atoms with Crippen LogP contribution in [0.3, 0.4) is 0 Å². The van der Waals surface area contributed by atoms with Crippen LogP contribution in [0.5, 0.6) is 0 Å². The second-order valence-corrected chi connectivity index (χ2v) is 3.57. The molecule has 0 radical (unpaired) electrons. The molecular formula is C9H15F2NO. The first-order valence-electron chi connectivity index (χ1n) is 4.70. The second-order valence-electron chi connectivity index (χ2n) is 3.57. The van der Waals surface area contributed by atoms with Gasteiger partial charge in [-0.2, -0.15) is 0 Å². The van der Waals surface area contributed by atoms with Crippen molar-refractivity contribution in [2.45, 2.75) is 51.0 Å². The minimum atomic E-state index is -2.44. The predicted molar refractivity (Wildman–Crippen MR) is 45.6 cm³/mol. The quantitative estimate of drug-likeness (QED) is 0.727. The SMILES string of the molecule is CCC(=O)NC1(C(F)F)CCCC1. The van der Waals surface area contributed by atoms with Gasteiger partial charge in [-0.1, -0.05) is 19.8 Å². The van der Waals surface area contributed by atoms with Crippen molar-refractivity contribution < 1.29 is 13.6 Å². The third kappa shape index (κ3) is 2.17. The van der Waals surface area contributed by atoms with Crippen LogP contribution in [0.25, 0.3) is 0 Å². The van der Waals surface area contributed by atoms with Gasteiger partial charge in [0, 0.05) is 6.42 Å². The highest BCUT2D eigenvalue weighted by atomic mass is 19.3. The highest BCUT2D eigenvalue weighted by molar-refractivity contribution is 5.76. The summed E-state index contributed by atoms with van der Waals surface area (Å²) in [4.78, 5) is 11.0. The third-order valence-corrected chi connectivity index (χ3v) is 2.62. The maximum atomic E-state index is 12.7. The van der Waals surface area contributed by atoms with Crippen LogP contribution in [0.4, 0.5) is 8.78 Å². The van der Waals surface area contributed by atoms with E-state index in [-0.39, 0.29) is 12.3 Å². The maximum Gasteiger partial charge on any atom is 0.261 e. The second kappa shape index (κ2) is 4.03. The molecule has 1 aliphatic carbocycles. The summed E-state index contributed by atoms with van der Waals surface area (Å²) >= 11 is 0. The van der Waals surface area contributed by atoms with E-state index in [0.29, 0.717) is 12.8 Å². The predicted octanol–water partition coefficient (Wildman–Crippen LogP) is 2.09. The van der Waals surface area contributed by atoms with Crippen LogP contribution in [0, 0.1) is 0 Å². The van der Waals surface area contributed by atoms with Gasteiger partial charge in [-0.05, 0) is 12.8 Å². The van der Waals surface area contributed by atoms with E-state index in [4.69, 9.17) is 0 Å². The molecular weight excluding hydrogens is 176 g/mol. The Kier molecular flexibility index (Phi) is 3.22. The van der Waals surface area contributed by atoms with E-state index in [0.717, 1.165) is 12.8 Å². The lowest BCUT2D eigenvalue weighted by molar-refractivity contribution is -0.125. The summed E-state index contributed by atoms with van der Waals surface area (Å²) in [7, 11) is 0. The summed E-state index contributed by atoms with van der Waals surface area (Å²) in [5.41, 5.74) is -1.22. The molecule has 1 N–H and O–H groups in total. The third-order valence-electron chi connectivity index (χ3n) is 2.62. The molecule has 0 spiro atoms. The van der Waals surface area contributed by atoms with Crippen LogP contribution in [0.2, 0.25) is 0 Å². The minimum Gasteiger partial charge on any atom is -0.345 e. The first kappa shape index (κ1) is 10.4. The van der Waals surface area contributed by atoms with Gasteiger partial charge in [0.2, 0.25) is 5.91 Å². The zero-order valence-corrected chi connectivity index (χ0v) is 7.78. The Bertz CT molecular complexity index is 188. The first-order chi connectivity index (χ1) is 6.10. The maximum absolute atomic E-state index is 12.7. The molecule has 76 valence electrons.